The van der Waals surface area contributed by atoms with Crippen molar-refractivity contribution in [2.75, 3.05) is 6.54 Å². The summed E-state index contributed by atoms with van der Waals surface area (Å²) in [6.45, 7) is 6.62. The number of nitrogens with zero attached hydrogens (tertiary/aromatic N) is 2. The van der Waals surface area contributed by atoms with E-state index in [4.69, 9.17) is 21.1 Å². The van der Waals surface area contributed by atoms with Crippen LogP contribution in [0.4, 0.5) is 14.0 Å². The van der Waals surface area contributed by atoms with E-state index < -0.39 is 81.0 Å². The molecule has 3 heterocycles. The van der Waals surface area contributed by atoms with Crippen LogP contribution in [0, 0.1) is 18.7 Å². The number of benzene rings is 2. The predicted octanol–water partition coefficient (Wildman–Crippen LogP) is 5.00. The van der Waals surface area contributed by atoms with Crippen molar-refractivity contribution in [3.8, 4) is 0 Å². The number of nitrogens with one attached hydrogen (secondary N) is 3. The number of allylic oxidation sites excluding steroid dienone is 1. The minimum atomic E-state index is -4.42. The number of ether oxygens (including phenoxy) is 2. The molecule has 0 spiro atoms. The molecule has 5 atom stereocenters. The van der Waals surface area contributed by atoms with Gasteiger partial charge < -0.3 is 25.0 Å². The Hall–Kier alpha value is -4.70. The normalized spacial score (nSPS) is 26.0. The Kier molecular flexibility index (Phi) is 11.7. The summed E-state index contributed by atoms with van der Waals surface area (Å²) in [4.78, 5) is 71.3. The zero-order valence-electron chi connectivity index (χ0n) is 31.7. The van der Waals surface area contributed by atoms with Crippen molar-refractivity contribution in [1.82, 2.24) is 25.2 Å². The van der Waals surface area contributed by atoms with E-state index in [1.807, 2.05) is 6.08 Å². The molecule has 0 bridgehead atoms. The molecule has 4 aliphatic rings. The molecule has 1 aliphatic carbocycles. The highest BCUT2D eigenvalue weighted by Crippen LogP contribution is 2.46. The molecule has 17 heteroatoms. The number of sulfonamides is 1. The number of hydrogen-bond donors (Lipinski definition) is 3. The van der Waals surface area contributed by atoms with E-state index in [1.165, 1.54) is 34.1 Å². The summed E-state index contributed by atoms with van der Waals surface area (Å²) in [7, 11) is -4.42. The van der Waals surface area contributed by atoms with Gasteiger partial charge in [0.2, 0.25) is 11.8 Å². The smallest absolute Gasteiger partial charge is 0.410 e. The van der Waals surface area contributed by atoms with Gasteiger partial charge in [-0.25, -0.2) is 27.1 Å². The molecule has 2 aromatic rings. The lowest BCUT2D eigenvalue weighted by atomic mass is 10.0. The standard InChI is InChI=1S/C39H47ClFN5O9S/c1-23-15-16-27(18-29(23)40)56(52,53)44-35(49)39-19-25(39)12-8-6-5-7-9-14-31(42-36(50)55-38(2,3)4)34(48)46-21-26(17-32(46)33(47)43-39)54-37(51)45-20-24-11-10-13-30(41)28(24)22-45/h8,10-13,15-16,18,25-26,31-32H,5-7,9,14,17,19-22H2,1-4H3,(H,42,50)(H,43,47)(H,44,49)/b12-8-/t25-,26+,31-,32-,39-/m0/s1. The van der Waals surface area contributed by atoms with Crippen molar-refractivity contribution in [2.24, 2.45) is 5.92 Å². The van der Waals surface area contributed by atoms with E-state index in [-0.39, 0.29) is 48.8 Å². The van der Waals surface area contributed by atoms with Crippen molar-refractivity contribution in [1.29, 1.82) is 0 Å². The largest absolute Gasteiger partial charge is 0.444 e. The van der Waals surface area contributed by atoms with Gasteiger partial charge in [0.05, 0.1) is 18.0 Å². The van der Waals surface area contributed by atoms with Gasteiger partial charge in [0.1, 0.15) is 35.1 Å². The van der Waals surface area contributed by atoms with Crippen LogP contribution in [-0.2, 0) is 47.0 Å². The minimum absolute atomic E-state index is 0.0216. The zero-order valence-corrected chi connectivity index (χ0v) is 33.3. The number of rotatable bonds is 5. The van der Waals surface area contributed by atoms with Crippen LogP contribution in [-0.4, -0.2) is 84.0 Å². The molecular formula is C39H47ClFN5O9S. The maximum atomic E-state index is 14.5. The molecule has 2 fully saturated rings. The van der Waals surface area contributed by atoms with Crippen LogP contribution in [0.3, 0.4) is 0 Å². The van der Waals surface area contributed by atoms with Crippen LogP contribution in [0.15, 0.2) is 53.4 Å². The second-order valence-electron chi connectivity index (χ2n) is 15.9. The monoisotopic (exact) mass is 815 g/mol. The lowest BCUT2D eigenvalue weighted by Crippen LogP contribution is -2.58. The highest BCUT2D eigenvalue weighted by Gasteiger charge is 2.62. The number of hydrogen-bond acceptors (Lipinski definition) is 9. The summed E-state index contributed by atoms with van der Waals surface area (Å²) >= 11 is 6.18. The Morgan fingerprint density at radius 2 is 1.84 bits per heavy atom. The highest BCUT2D eigenvalue weighted by atomic mass is 35.5. The van der Waals surface area contributed by atoms with Crippen molar-refractivity contribution >= 4 is 51.5 Å². The van der Waals surface area contributed by atoms with E-state index in [9.17, 15) is 36.8 Å². The summed E-state index contributed by atoms with van der Waals surface area (Å²) in [5.74, 6) is -3.38. The first-order chi connectivity index (χ1) is 26.4. The van der Waals surface area contributed by atoms with Gasteiger partial charge >= 0.3 is 12.2 Å². The number of carbonyl (C=O) groups excluding carboxylic acids is 5. The Labute approximate surface area is 330 Å². The van der Waals surface area contributed by atoms with Gasteiger partial charge in [-0.05, 0) is 82.7 Å². The summed E-state index contributed by atoms with van der Waals surface area (Å²) in [5.41, 5.74) is -0.895. The molecule has 2 aromatic carbocycles. The number of amides is 5. The predicted molar refractivity (Wildman–Crippen MR) is 202 cm³/mol. The fourth-order valence-corrected chi connectivity index (χ4v) is 8.66. The van der Waals surface area contributed by atoms with E-state index in [1.54, 1.807) is 45.9 Å². The summed E-state index contributed by atoms with van der Waals surface area (Å²) in [6, 6.07) is 6.23. The minimum Gasteiger partial charge on any atom is -0.444 e. The molecular weight excluding hydrogens is 769 g/mol. The van der Waals surface area contributed by atoms with Gasteiger partial charge in [0.25, 0.3) is 15.9 Å². The molecule has 1 saturated carbocycles. The zero-order chi connectivity index (χ0) is 40.6. The maximum Gasteiger partial charge on any atom is 0.410 e. The lowest BCUT2D eigenvalue weighted by Gasteiger charge is -2.30. The lowest BCUT2D eigenvalue weighted by molar-refractivity contribution is -0.141. The molecule has 3 N–H and O–H groups in total. The van der Waals surface area contributed by atoms with E-state index in [0.717, 1.165) is 6.42 Å². The fourth-order valence-electron chi connectivity index (χ4n) is 7.36. The second-order valence-corrected chi connectivity index (χ2v) is 18.0. The van der Waals surface area contributed by atoms with E-state index >= 15 is 0 Å². The number of alkyl carbamates (subject to hydrolysis) is 1. The van der Waals surface area contributed by atoms with Crippen molar-refractivity contribution in [3.63, 3.8) is 0 Å². The van der Waals surface area contributed by atoms with Crippen LogP contribution in [0.1, 0.15) is 82.4 Å². The van der Waals surface area contributed by atoms with Gasteiger partial charge in [-0.3, -0.25) is 19.3 Å². The summed E-state index contributed by atoms with van der Waals surface area (Å²) in [6.07, 6.45) is 3.78. The number of halogens is 2. The molecule has 6 rings (SSSR count). The molecule has 1 saturated heterocycles. The maximum absolute atomic E-state index is 14.5. The summed E-state index contributed by atoms with van der Waals surface area (Å²) in [5, 5.41) is 5.62. The van der Waals surface area contributed by atoms with Gasteiger partial charge in [0.15, 0.2) is 0 Å². The average Bonchev–Trinajstić information content (AvgIpc) is 3.41. The Morgan fingerprint density at radius 1 is 1.07 bits per heavy atom. The van der Waals surface area contributed by atoms with Crippen LogP contribution in [0.2, 0.25) is 5.02 Å². The first kappa shape index (κ1) is 40.9. The number of aryl methyl sites for hydroxylation is 1. The van der Waals surface area contributed by atoms with Crippen molar-refractivity contribution in [2.45, 2.75) is 120 Å². The molecule has 0 aromatic heterocycles. The van der Waals surface area contributed by atoms with E-state index in [2.05, 4.69) is 15.4 Å². The third-order valence-electron chi connectivity index (χ3n) is 10.5. The average molecular weight is 816 g/mol. The quantitative estimate of drug-likeness (QED) is 0.350. The third kappa shape index (κ3) is 9.12. The third-order valence-corrected chi connectivity index (χ3v) is 12.2. The first-order valence-electron chi connectivity index (χ1n) is 18.7. The molecule has 3 aliphatic heterocycles. The Balaban J connectivity index is 1.27. The SMILES string of the molecule is Cc1ccc(S(=O)(=O)NC(=O)[C@]23C[C@@H]2/C=C\CCCCC[C@H](NC(=O)OC(C)(C)C)C(=O)N2C[C@H](OC(=O)N4Cc5cccc(F)c5C4)C[C@H]2C(=O)N3)cc1Cl. The molecule has 0 radical (unpaired) electrons. The molecule has 56 heavy (non-hydrogen) atoms. The van der Waals surface area contributed by atoms with Gasteiger partial charge in [0, 0.05) is 29.5 Å². The summed E-state index contributed by atoms with van der Waals surface area (Å²) < 4.78 is 54.6. The number of fused-ring (bicyclic) bond motifs is 3. The Morgan fingerprint density at radius 3 is 2.55 bits per heavy atom. The highest BCUT2D eigenvalue weighted by molar-refractivity contribution is 7.90. The van der Waals surface area contributed by atoms with Crippen LogP contribution in [0.25, 0.3) is 0 Å². The topological polar surface area (TPSA) is 181 Å². The molecule has 302 valence electrons. The number of carbonyl (C=O) groups is 5. The van der Waals surface area contributed by atoms with Gasteiger partial charge in [-0.15, -0.1) is 0 Å². The molecule has 5 amide bonds. The van der Waals surface area contributed by atoms with Crippen molar-refractivity contribution < 1.29 is 46.3 Å². The van der Waals surface area contributed by atoms with Crippen LogP contribution < -0.4 is 15.4 Å². The molecule has 0 unspecified atom stereocenters. The van der Waals surface area contributed by atoms with Crippen LogP contribution in [0.5, 0.6) is 0 Å². The first-order valence-corrected chi connectivity index (χ1v) is 20.6. The fraction of sp³-hybridized carbons (Fsp3) is 0.513. The van der Waals surface area contributed by atoms with Crippen molar-refractivity contribution in [3.05, 3.63) is 76.1 Å². The van der Waals surface area contributed by atoms with Gasteiger partial charge in [-0.1, -0.05) is 54.8 Å². The Bertz CT molecular complexity index is 2060. The van der Waals surface area contributed by atoms with Crippen LogP contribution >= 0.6 is 11.6 Å². The van der Waals surface area contributed by atoms with E-state index in [0.29, 0.717) is 36.0 Å². The second kappa shape index (κ2) is 16.0. The molecule has 14 nitrogen and oxygen atoms in total. The van der Waals surface area contributed by atoms with Gasteiger partial charge in [-0.2, -0.15) is 0 Å².